The lowest BCUT2D eigenvalue weighted by atomic mass is 10.1. The SMILES string of the molecule is CC(C)c1nccn1C[C@@H](O)COc1ccc(-c2ccccc2)cc1. The number of hydrogen-bond donors (Lipinski definition) is 1. The first kappa shape index (κ1) is 17.2. The molecule has 0 radical (unpaired) electrons. The van der Waals surface area contributed by atoms with E-state index in [9.17, 15) is 5.11 Å². The highest BCUT2D eigenvalue weighted by atomic mass is 16.5. The van der Waals surface area contributed by atoms with E-state index in [-0.39, 0.29) is 6.61 Å². The Labute approximate surface area is 148 Å². The normalized spacial score (nSPS) is 12.3. The van der Waals surface area contributed by atoms with Crippen molar-refractivity contribution in [3.8, 4) is 16.9 Å². The summed E-state index contributed by atoms with van der Waals surface area (Å²) in [5.74, 6) is 2.06. The molecular formula is C21H24N2O2. The number of nitrogens with zero attached hydrogens (tertiary/aromatic N) is 2. The Morgan fingerprint density at radius 1 is 1.00 bits per heavy atom. The van der Waals surface area contributed by atoms with Crippen LogP contribution in [0.5, 0.6) is 5.75 Å². The molecule has 3 aromatic rings. The van der Waals surface area contributed by atoms with Crippen molar-refractivity contribution in [2.75, 3.05) is 6.61 Å². The third-order valence-corrected chi connectivity index (χ3v) is 4.08. The van der Waals surface area contributed by atoms with Gasteiger partial charge >= 0.3 is 0 Å². The molecule has 0 saturated carbocycles. The highest BCUT2D eigenvalue weighted by Crippen LogP contribution is 2.22. The summed E-state index contributed by atoms with van der Waals surface area (Å²) in [7, 11) is 0. The number of imidazole rings is 1. The zero-order valence-corrected chi connectivity index (χ0v) is 14.7. The average molecular weight is 336 g/mol. The Kier molecular flexibility index (Phi) is 5.51. The van der Waals surface area contributed by atoms with Crippen LogP contribution in [0.2, 0.25) is 0 Å². The van der Waals surface area contributed by atoms with Crippen LogP contribution in [0.4, 0.5) is 0 Å². The Morgan fingerprint density at radius 3 is 2.36 bits per heavy atom. The summed E-state index contributed by atoms with van der Waals surface area (Å²) in [6, 6.07) is 18.2. The number of rotatable bonds is 7. The van der Waals surface area contributed by atoms with Crippen LogP contribution in [-0.2, 0) is 6.54 Å². The van der Waals surface area contributed by atoms with E-state index in [1.165, 1.54) is 5.56 Å². The molecule has 1 aromatic heterocycles. The fraction of sp³-hybridized carbons (Fsp3) is 0.286. The summed E-state index contributed by atoms with van der Waals surface area (Å²) in [4.78, 5) is 4.34. The molecule has 1 atom stereocenters. The topological polar surface area (TPSA) is 47.3 Å². The maximum atomic E-state index is 10.2. The van der Waals surface area contributed by atoms with E-state index in [1.807, 2.05) is 53.2 Å². The van der Waals surface area contributed by atoms with Crippen LogP contribution in [0, 0.1) is 0 Å². The van der Waals surface area contributed by atoms with Crippen molar-refractivity contribution < 1.29 is 9.84 Å². The van der Waals surface area contributed by atoms with E-state index in [2.05, 4.69) is 31.0 Å². The number of aliphatic hydroxyl groups is 1. The van der Waals surface area contributed by atoms with E-state index < -0.39 is 6.10 Å². The molecule has 1 heterocycles. The number of benzene rings is 2. The van der Waals surface area contributed by atoms with Gasteiger partial charge in [0.2, 0.25) is 0 Å². The largest absolute Gasteiger partial charge is 0.491 e. The van der Waals surface area contributed by atoms with Crippen LogP contribution in [0.1, 0.15) is 25.6 Å². The molecule has 130 valence electrons. The molecule has 1 N–H and O–H groups in total. The van der Waals surface area contributed by atoms with Gasteiger partial charge in [0.05, 0.1) is 6.54 Å². The summed E-state index contributed by atoms with van der Waals surface area (Å²) in [6.45, 7) is 4.92. The van der Waals surface area contributed by atoms with Crippen molar-refractivity contribution in [1.82, 2.24) is 9.55 Å². The van der Waals surface area contributed by atoms with Gasteiger partial charge in [0, 0.05) is 18.3 Å². The van der Waals surface area contributed by atoms with Gasteiger partial charge < -0.3 is 14.4 Å². The van der Waals surface area contributed by atoms with Gasteiger partial charge in [-0.1, -0.05) is 56.3 Å². The van der Waals surface area contributed by atoms with Gasteiger partial charge in [-0.05, 0) is 23.3 Å². The third kappa shape index (κ3) is 4.48. The van der Waals surface area contributed by atoms with Crippen molar-refractivity contribution >= 4 is 0 Å². The minimum absolute atomic E-state index is 0.250. The monoisotopic (exact) mass is 336 g/mol. The van der Waals surface area contributed by atoms with E-state index >= 15 is 0 Å². The van der Waals surface area contributed by atoms with Gasteiger partial charge in [0.25, 0.3) is 0 Å². The van der Waals surface area contributed by atoms with Crippen molar-refractivity contribution in [2.24, 2.45) is 0 Å². The first-order valence-corrected chi connectivity index (χ1v) is 8.61. The first-order chi connectivity index (χ1) is 12.1. The van der Waals surface area contributed by atoms with E-state index in [0.717, 1.165) is 17.1 Å². The standard InChI is InChI=1S/C21H24N2O2/c1-16(2)21-22-12-13-23(21)14-19(24)15-25-20-10-8-18(9-11-20)17-6-4-3-5-7-17/h3-13,16,19,24H,14-15H2,1-2H3/t19-/m1/s1. The van der Waals surface area contributed by atoms with Crippen molar-refractivity contribution in [2.45, 2.75) is 32.4 Å². The van der Waals surface area contributed by atoms with Crippen molar-refractivity contribution in [3.05, 3.63) is 72.8 Å². The minimum Gasteiger partial charge on any atom is -0.491 e. The van der Waals surface area contributed by atoms with Crippen LogP contribution >= 0.6 is 0 Å². The van der Waals surface area contributed by atoms with Gasteiger partial charge in [-0.3, -0.25) is 0 Å². The lowest BCUT2D eigenvalue weighted by Gasteiger charge is -2.16. The van der Waals surface area contributed by atoms with Crippen LogP contribution < -0.4 is 4.74 Å². The van der Waals surface area contributed by atoms with Gasteiger partial charge in [0.15, 0.2) is 0 Å². The molecule has 0 saturated heterocycles. The second-order valence-electron chi connectivity index (χ2n) is 6.45. The fourth-order valence-electron chi connectivity index (χ4n) is 2.82. The Hall–Kier alpha value is -2.59. The number of hydrogen-bond acceptors (Lipinski definition) is 3. The molecule has 0 amide bonds. The zero-order chi connectivity index (χ0) is 17.6. The van der Waals surface area contributed by atoms with Crippen LogP contribution in [0.25, 0.3) is 11.1 Å². The minimum atomic E-state index is -0.583. The molecule has 0 unspecified atom stereocenters. The van der Waals surface area contributed by atoms with E-state index in [1.54, 1.807) is 6.20 Å². The summed E-state index contributed by atoms with van der Waals surface area (Å²) >= 11 is 0. The molecule has 0 bridgehead atoms. The van der Waals surface area contributed by atoms with Crippen LogP contribution in [-0.4, -0.2) is 27.4 Å². The average Bonchev–Trinajstić information content (AvgIpc) is 3.09. The number of aliphatic hydroxyl groups excluding tert-OH is 1. The van der Waals surface area contributed by atoms with Gasteiger partial charge in [-0.2, -0.15) is 0 Å². The fourth-order valence-corrected chi connectivity index (χ4v) is 2.82. The molecule has 0 spiro atoms. The zero-order valence-electron chi connectivity index (χ0n) is 14.7. The molecule has 0 aliphatic rings. The number of ether oxygens (including phenoxy) is 1. The highest BCUT2D eigenvalue weighted by molar-refractivity contribution is 5.63. The highest BCUT2D eigenvalue weighted by Gasteiger charge is 2.12. The van der Waals surface area contributed by atoms with Crippen molar-refractivity contribution in [3.63, 3.8) is 0 Å². The van der Waals surface area contributed by atoms with Crippen LogP contribution in [0.3, 0.4) is 0 Å². The first-order valence-electron chi connectivity index (χ1n) is 8.61. The summed E-state index contributed by atoms with van der Waals surface area (Å²) < 4.78 is 7.71. The maximum Gasteiger partial charge on any atom is 0.119 e. The molecular weight excluding hydrogens is 312 g/mol. The molecule has 0 aliphatic carbocycles. The summed E-state index contributed by atoms with van der Waals surface area (Å²) in [6.07, 6.45) is 3.08. The van der Waals surface area contributed by atoms with Gasteiger partial charge in [-0.25, -0.2) is 4.98 Å². The predicted octanol–water partition coefficient (Wildman–Crippen LogP) is 4.11. The predicted molar refractivity (Wildman–Crippen MR) is 99.7 cm³/mol. The lowest BCUT2D eigenvalue weighted by Crippen LogP contribution is -2.24. The molecule has 0 aliphatic heterocycles. The maximum absolute atomic E-state index is 10.2. The summed E-state index contributed by atoms with van der Waals surface area (Å²) in [5, 5.41) is 10.2. The number of aromatic nitrogens is 2. The van der Waals surface area contributed by atoms with Gasteiger partial charge in [0.1, 0.15) is 24.3 Å². The Bertz CT molecular complexity index is 779. The Morgan fingerprint density at radius 2 is 1.68 bits per heavy atom. The second-order valence-corrected chi connectivity index (χ2v) is 6.45. The molecule has 4 heteroatoms. The molecule has 3 rings (SSSR count). The molecule has 0 fully saturated rings. The van der Waals surface area contributed by atoms with Crippen LogP contribution in [0.15, 0.2) is 67.0 Å². The van der Waals surface area contributed by atoms with E-state index in [4.69, 9.17) is 4.74 Å². The second kappa shape index (κ2) is 7.99. The molecule has 4 nitrogen and oxygen atoms in total. The lowest BCUT2D eigenvalue weighted by molar-refractivity contribution is 0.0915. The smallest absolute Gasteiger partial charge is 0.119 e. The molecule has 2 aromatic carbocycles. The Balaban J connectivity index is 1.55. The van der Waals surface area contributed by atoms with Crippen molar-refractivity contribution in [1.29, 1.82) is 0 Å². The quantitative estimate of drug-likeness (QED) is 0.706. The van der Waals surface area contributed by atoms with Gasteiger partial charge in [-0.15, -0.1) is 0 Å². The molecule has 25 heavy (non-hydrogen) atoms. The van der Waals surface area contributed by atoms with E-state index in [0.29, 0.717) is 12.5 Å². The summed E-state index contributed by atoms with van der Waals surface area (Å²) in [5.41, 5.74) is 2.32. The third-order valence-electron chi connectivity index (χ3n) is 4.08.